The van der Waals surface area contributed by atoms with Crippen molar-refractivity contribution in [3.05, 3.63) is 65.2 Å². The van der Waals surface area contributed by atoms with E-state index in [0.717, 1.165) is 5.56 Å². The molecule has 23 heavy (non-hydrogen) atoms. The highest BCUT2D eigenvalue weighted by molar-refractivity contribution is 7.89. The van der Waals surface area contributed by atoms with Gasteiger partial charge in [-0.3, -0.25) is 0 Å². The fourth-order valence-electron chi connectivity index (χ4n) is 1.76. The largest absolute Gasteiger partial charge is 0.465 e. The fraction of sp³-hybridized carbons (Fsp3) is 0.125. The van der Waals surface area contributed by atoms with E-state index in [4.69, 9.17) is 0 Å². The monoisotopic (exact) mass is 332 g/mol. The Morgan fingerprint density at radius 3 is 2.26 bits per heavy atom. The predicted molar refractivity (Wildman–Crippen MR) is 86.9 cm³/mol. The van der Waals surface area contributed by atoms with Gasteiger partial charge < -0.3 is 4.74 Å². The lowest BCUT2D eigenvalue weighted by atomic mass is 10.1. The number of methoxy groups -OCH3 is 1. The Hall–Kier alpha value is -2.67. The number of sulfonamides is 1. The molecule has 6 nitrogen and oxygen atoms in total. The van der Waals surface area contributed by atoms with Crippen LogP contribution in [0.25, 0.3) is 0 Å². The number of hydrogen-bond donors (Lipinski definition) is 1. The number of carbonyl (C=O) groups is 1. The minimum absolute atomic E-state index is 0.140. The summed E-state index contributed by atoms with van der Waals surface area (Å²) in [6, 6.07) is 12.9. The van der Waals surface area contributed by atoms with E-state index >= 15 is 0 Å². The second-order valence-corrected chi connectivity index (χ2v) is 6.44. The Balaban J connectivity index is 2.06. The van der Waals surface area contributed by atoms with Crippen LogP contribution in [-0.2, 0) is 14.8 Å². The van der Waals surface area contributed by atoms with Gasteiger partial charge in [-0.05, 0) is 36.8 Å². The first-order valence-electron chi connectivity index (χ1n) is 6.72. The minimum Gasteiger partial charge on any atom is -0.465 e. The molecule has 0 saturated carbocycles. The molecule has 0 aliphatic heterocycles. The zero-order valence-corrected chi connectivity index (χ0v) is 13.5. The molecule has 2 aromatic rings. The highest BCUT2D eigenvalue weighted by Crippen LogP contribution is 2.09. The van der Waals surface area contributed by atoms with Gasteiger partial charge in [-0.15, -0.1) is 0 Å². The van der Waals surface area contributed by atoms with Crippen LogP contribution >= 0.6 is 0 Å². The summed E-state index contributed by atoms with van der Waals surface area (Å²) >= 11 is 0. The Bertz CT molecular complexity index is 810. The minimum atomic E-state index is -3.69. The van der Waals surface area contributed by atoms with Crippen molar-refractivity contribution >= 4 is 22.2 Å². The van der Waals surface area contributed by atoms with Crippen LogP contribution in [-0.4, -0.2) is 27.7 Å². The number of hydrazone groups is 1. The SMILES string of the molecule is COC(=O)c1ccc(/C=N/NS(=O)(=O)c2ccc(C)cc2)cc1. The van der Waals surface area contributed by atoms with Gasteiger partial charge in [0.05, 0.1) is 23.8 Å². The molecule has 0 aromatic heterocycles. The molecule has 0 spiro atoms. The van der Waals surface area contributed by atoms with Gasteiger partial charge in [-0.25, -0.2) is 9.63 Å². The van der Waals surface area contributed by atoms with Gasteiger partial charge in [-0.2, -0.15) is 13.5 Å². The highest BCUT2D eigenvalue weighted by Gasteiger charge is 2.11. The zero-order valence-electron chi connectivity index (χ0n) is 12.7. The van der Waals surface area contributed by atoms with Crippen LogP contribution in [0.15, 0.2) is 58.5 Å². The van der Waals surface area contributed by atoms with E-state index in [2.05, 4.69) is 14.7 Å². The molecule has 0 amide bonds. The van der Waals surface area contributed by atoms with Gasteiger partial charge in [0.15, 0.2) is 0 Å². The first kappa shape index (κ1) is 16.7. The standard InChI is InChI=1S/C16H16N2O4S/c1-12-3-9-15(10-4-12)23(20,21)18-17-11-13-5-7-14(8-6-13)16(19)22-2/h3-11,18H,1-2H3/b17-11+. The van der Waals surface area contributed by atoms with Crippen molar-refractivity contribution in [2.75, 3.05) is 7.11 Å². The summed E-state index contributed by atoms with van der Waals surface area (Å²) in [6.07, 6.45) is 1.35. The maximum Gasteiger partial charge on any atom is 0.337 e. The molecule has 0 atom stereocenters. The molecule has 0 fully saturated rings. The van der Waals surface area contributed by atoms with Gasteiger partial charge in [0.2, 0.25) is 0 Å². The third-order valence-corrected chi connectivity index (χ3v) is 4.29. The average Bonchev–Trinajstić information content (AvgIpc) is 2.55. The number of nitrogens with zero attached hydrogens (tertiary/aromatic N) is 1. The molecule has 0 radical (unpaired) electrons. The quantitative estimate of drug-likeness (QED) is 0.516. The van der Waals surface area contributed by atoms with Crippen LogP contribution in [0, 0.1) is 6.92 Å². The molecule has 0 saturated heterocycles. The van der Waals surface area contributed by atoms with Crippen LogP contribution in [0.4, 0.5) is 0 Å². The van der Waals surface area contributed by atoms with E-state index in [1.54, 1.807) is 36.4 Å². The molecule has 7 heteroatoms. The second kappa shape index (κ2) is 7.06. The van der Waals surface area contributed by atoms with Crippen LogP contribution in [0.2, 0.25) is 0 Å². The smallest absolute Gasteiger partial charge is 0.337 e. The first-order valence-corrected chi connectivity index (χ1v) is 8.20. The Labute approximate surface area is 134 Å². The number of hydrogen-bond acceptors (Lipinski definition) is 5. The van der Waals surface area contributed by atoms with Gasteiger partial charge in [0, 0.05) is 0 Å². The first-order chi connectivity index (χ1) is 10.9. The Morgan fingerprint density at radius 2 is 1.70 bits per heavy atom. The third kappa shape index (κ3) is 4.40. The summed E-state index contributed by atoms with van der Waals surface area (Å²) in [5.74, 6) is -0.437. The molecular weight excluding hydrogens is 316 g/mol. The Kier molecular flexibility index (Phi) is 5.13. The fourth-order valence-corrected chi connectivity index (χ4v) is 2.55. The molecule has 2 rings (SSSR count). The maximum absolute atomic E-state index is 12.0. The number of aryl methyl sites for hydroxylation is 1. The van der Waals surface area contributed by atoms with Crippen molar-refractivity contribution in [2.24, 2.45) is 5.10 Å². The molecule has 0 aliphatic rings. The number of rotatable bonds is 5. The summed E-state index contributed by atoms with van der Waals surface area (Å²) in [7, 11) is -2.39. The average molecular weight is 332 g/mol. The summed E-state index contributed by atoms with van der Waals surface area (Å²) in [5, 5.41) is 3.73. The molecular formula is C16H16N2O4S. The summed E-state index contributed by atoms with van der Waals surface area (Å²) in [6.45, 7) is 1.87. The van der Waals surface area contributed by atoms with Gasteiger partial charge >= 0.3 is 5.97 Å². The molecule has 0 aliphatic carbocycles. The molecule has 0 heterocycles. The van der Waals surface area contributed by atoms with Crippen molar-refractivity contribution < 1.29 is 17.9 Å². The van der Waals surface area contributed by atoms with Crippen LogP contribution in [0.5, 0.6) is 0 Å². The van der Waals surface area contributed by atoms with E-state index in [0.29, 0.717) is 11.1 Å². The molecule has 120 valence electrons. The topological polar surface area (TPSA) is 84.8 Å². The molecule has 2 aromatic carbocycles. The third-order valence-electron chi connectivity index (χ3n) is 3.05. The van der Waals surface area contributed by atoms with Crippen molar-refractivity contribution in [1.29, 1.82) is 0 Å². The van der Waals surface area contributed by atoms with E-state index in [-0.39, 0.29) is 4.90 Å². The number of benzene rings is 2. The maximum atomic E-state index is 12.0. The predicted octanol–water partition coefficient (Wildman–Crippen LogP) is 2.09. The van der Waals surface area contributed by atoms with E-state index in [9.17, 15) is 13.2 Å². The van der Waals surface area contributed by atoms with Crippen molar-refractivity contribution in [2.45, 2.75) is 11.8 Å². The van der Waals surface area contributed by atoms with E-state index < -0.39 is 16.0 Å². The number of nitrogens with one attached hydrogen (secondary N) is 1. The van der Waals surface area contributed by atoms with Crippen molar-refractivity contribution in [3.8, 4) is 0 Å². The molecule has 0 bridgehead atoms. The van der Waals surface area contributed by atoms with Crippen LogP contribution in [0.1, 0.15) is 21.5 Å². The molecule has 0 unspecified atom stereocenters. The molecule has 1 N–H and O–H groups in total. The second-order valence-electron chi connectivity index (χ2n) is 4.78. The summed E-state index contributed by atoms with van der Waals surface area (Å²) < 4.78 is 28.7. The van der Waals surface area contributed by atoms with Gasteiger partial charge in [0.25, 0.3) is 10.0 Å². The van der Waals surface area contributed by atoms with Crippen molar-refractivity contribution in [3.63, 3.8) is 0 Å². The summed E-state index contributed by atoms with van der Waals surface area (Å²) in [4.78, 5) is 13.6. The van der Waals surface area contributed by atoms with Crippen LogP contribution < -0.4 is 4.83 Å². The lowest BCUT2D eigenvalue weighted by Gasteiger charge is -2.03. The Morgan fingerprint density at radius 1 is 1.09 bits per heavy atom. The lowest BCUT2D eigenvalue weighted by Crippen LogP contribution is -2.18. The summed E-state index contributed by atoms with van der Waals surface area (Å²) in [5.41, 5.74) is 2.02. The van der Waals surface area contributed by atoms with Crippen LogP contribution in [0.3, 0.4) is 0 Å². The van der Waals surface area contributed by atoms with E-state index in [1.165, 1.54) is 25.5 Å². The lowest BCUT2D eigenvalue weighted by molar-refractivity contribution is 0.0600. The van der Waals surface area contributed by atoms with Gasteiger partial charge in [-0.1, -0.05) is 29.8 Å². The zero-order chi connectivity index (χ0) is 16.9. The van der Waals surface area contributed by atoms with E-state index in [1.807, 2.05) is 6.92 Å². The number of carbonyl (C=O) groups excluding carboxylic acids is 1. The highest BCUT2D eigenvalue weighted by atomic mass is 32.2. The number of ether oxygens (including phenoxy) is 1. The normalized spacial score (nSPS) is 11.4. The number of esters is 1. The van der Waals surface area contributed by atoms with Gasteiger partial charge in [0.1, 0.15) is 0 Å². The van der Waals surface area contributed by atoms with Crippen molar-refractivity contribution in [1.82, 2.24) is 4.83 Å².